The zero-order valence-corrected chi connectivity index (χ0v) is 16.3. The molecule has 0 radical (unpaired) electrons. The van der Waals surface area contributed by atoms with Gasteiger partial charge in [0.1, 0.15) is 6.04 Å². The molecule has 4 rings (SSSR count). The second kappa shape index (κ2) is 7.67. The van der Waals surface area contributed by atoms with Crippen molar-refractivity contribution in [1.29, 1.82) is 0 Å². The Morgan fingerprint density at radius 2 is 2.07 bits per heavy atom. The fraction of sp³-hybridized carbons (Fsp3) is 0.263. The molecule has 0 aliphatic carbocycles. The van der Waals surface area contributed by atoms with Crippen LogP contribution in [0, 0.1) is 15.9 Å². The van der Waals surface area contributed by atoms with E-state index in [-0.39, 0.29) is 11.7 Å². The largest absolute Gasteiger partial charge is 0.357 e. The summed E-state index contributed by atoms with van der Waals surface area (Å²) >= 11 is 3.40. The second-order valence-electron chi connectivity index (χ2n) is 6.60. The second-order valence-corrected chi connectivity index (χ2v) is 7.51. The molecule has 0 saturated carbocycles. The van der Waals surface area contributed by atoms with Crippen LogP contribution in [0.2, 0.25) is 0 Å². The highest BCUT2D eigenvalue weighted by Crippen LogP contribution is 2.37. The molecule has 1 fully saturated rings. The predicted octanol–water partition coefficient (Wildman–Crippen LogP) is 4.81. The standard InChI is InChI=1S/C19H16BrFN4O3/c20-13-5-3-12(4-6-13)10-18-22-19(28-23-18)17-2-1-9-24(17)16-8-7-14(25(26)27)11-15(16)21/h3-8,11,17H,1-2,9-10H2. The Bertz CT molecular complexity index is 1010. The Morgan fingerprint density at radius 1 is 1.29 bits per heavy atom. The maximum absolute atomic E-state index is 14.5. The summed E-state index contributed by atoms with van der Waals surface area (Å²) in [6.07, 6.45) is 2.12. The van der Waals surface area contributed by atoms with E-state index in [1.807, 2.05) is 29.2 Å². The average Bonchev–Trinajstić information content (AvgIpc) is 3.32. The van der Waals surface area contributed by atoms with E-state index in [0.717, 1.165) is 28.9 Å². The van der Waals surface area contributed by atoms with Crippen molar-refractivity contribution in [1.82, 2.24) is 10.1 Å². The van der Waals surface area contributed by atoms with Crippen molar-refractivity contribution >= 4 is 27.3 Å². The van der Waals surface area contributed by atoms with Crippen LogP contribution in [0.1, 0.15) is 36.2 Å². The first-order valence-electron chi connectivity index (χ1n) is 8.79. The van der Waals surface area contributed by atoms with E-state index in [9.17, 15) is 14.5 Å². The fourth-order valence-corrected chi connectivity index (χ4v) is 3.68. The molecule has 1 aliphatic rings. The molecular weight excluding hydrogens is 431 g/mol. The molecule has 0 spiro atoms. The molecule has 2 heterocycles. The number of nitro groups is 1. The third-order valence-corrected chi connectivity index (χ3v) is 5.28. The minimum absolute atomic E-state index is 0.248. The molecule has 1 aromatic heterocycles. The van der Waals surface area contributed by atoms with E-state index in [4.69, 9.17) is 4.52 Å². The van der Waals surface area contributed by atoms with Gasteiger partial charge < -0.3 is 9.42 Å². The van der Waals surface area contributed by atoms with Crippen molar-refractivity contribution in [2.75, 3.05) is 11.4 Å². The van der Waals surface area contributed by atoms with Gasteiger partial charge in [0.2, 0.25) is 5.89 Å². The molecule has 0 N–H and O–H groups in total. The van der Waals surface area contributed by atoms with Gasteiger partial charge in [-0.15, -0.1) is 0 Å². The van der Waals surface area contributed by atoms with Gasteiger partial charge in [-0.25, -0.2) is 4.39 Å². The van der Waals surface area contributed by atoms with E-state index in [1.54, 1.807) is 0 Å². The zero-order valence-electron chi connectivity index (χ0n) is 14.7. The topological polar surface area (TPSA) is 85.3 Å². The van der Waals surface area contributed by atoms with E-state index >= 15 is 0 Å². The third-order valence-electron chi connectivity index (χ3n) is 4.75. The molecule has 0 bridgehead atoms. The summed E-state index contributed by atoms with van der Waals surface area (Å²) in [6, 6.07) is 11.3. The van der Waals surface area contributed by atoms with Gasteiger partial charge in [0, 0.05) is 23.5 Å². The van der Waals surface area contributed by atoms with Crippen LogP contribution in [0.15, 0.2) is 51.5 Å². The Morgan fingerprint density at radius 3 is 2.79 bits per heavy atom. The first kappa shape index (κ1) is 18.5. The SMILES string of the molecule is O=[N+]([O-])c1ccc(N2CCCC2c2nc(Cc3ccc(Br)cc3)no2)c(F)c1. The van der Waals surface area contributed by atoms with Crippen molar-refractivity contribution in [2.24, 2.45) is 0 Å². The van der Waals surface area contributed by atoms with Crippen LogP contribution in [0.25, 0.3) is 0 Å². The molecule has 1 unspecified atom stereocenters. The monoisotopic (exact) mass is 446 g/mol. The molecule has 1 aliphatic heterocycles. The first-order valence-corrected chi connectivity index (χ1v) is 9.58. The van der Waals surface area contributed by atoms with Gasteiger partial charge in [0.15, 0.2) is 11.6 Å². The minimum atomic E-state index is -0.629. The number of halogens is 2. The number of benzene rings is 2. The number of hydrogen-bond donors (Lipinski definition) is 0. The van der Waals surface area contributed by atoms with Gasteiger partial charge >= 0.3 is 0 Å². The quantitative estimate of drug-likeness (QED) is 0.412. The molecule has 1 saturated heterocycles. The molecule has 3 aromatic rings. The van der Waals surface area contributed by atoms with Crippen LogP contribution in [-0.4, -0.2) is 21.6 Å². The van der Waals surface area contributed by atoms with Crippen LogP contribution < -0.4 is 4.90 Å². The van der Waals surface area contributed by atoms with Crippen LogP contribution in [0.5, 0.6) is 0 Å². The van der Waals surface area contributed by atoms with Gasteiger partial charge in [-0.2, -0.15) is 4.98 Å². The smallest absolute Gasteiger partial charge is 0.272 e. The van der Waals surface area contributed by atoms with E-state index in [2.05, 4.69) is 26.1 Å². The van der Waals surface area contributed by atoms with E-state index in [1.165, 1.54) is 12.1 Å². The van der Waals surface area contributed by atoms with Crippen molar-refractivity contribution in [3.63, 3.8) is 0 Å². The molecule has 1 atom stereocenters. The summed E-state index contributed by atoms with van der Waals surface area (Å²) in [5, 5.41) is 14.9. The maximum Gasteiger partial charge on any atom is 0.272 e. The summed E-state index contributed by atoms with van der Waals surface area (Å²) < 4.78 is 20.9. The number of hydrogen-bond acceptors (Lipinski definition) is 6. The molecule has 0 amide bonds. The van der Waals surface area contributed by atoms with Crippen molar-refractivity contribution in [2.45, 2.75) is 25.3 Å². The number of aromatic nitrogens is 2. The molecule has 7 nitrogen and oxygen atoms in total. The number of non-ortho nitro benzene ring substituents is 1. The third kappa shape index (κ3) is 3.75. The lowest BCUT2D eigenvalue weighted by atomic mass is 10.1. The lowest BCUT2D eigenvalue weighted by Gasteiger charge is -2.24. The molecule has 28 heavy (non-hydrogen) atoms. The normalized spacial score (nSPS) is 16.5. The van der Waals surface area contributed by atoms with Crippen molar-refractivity contribution in [3.05, 3.63) is 80.1 Å². The highest BCUT2D eigenvalue weighted by molar-refractivity contribution is 9.10. The highest BCUT2D eigenvalue weighted by atomic mass is 79.9. The van der Waals surface area contributed by atoms with Gasteiger partial charge in [-0.3, -0.25) is 10.1 Å². The van der Waals surface area contributed by atoms with Crippen LogP contribution in [0.4, 0.5) is 15.8 Å². The first-order chi connectivity index (χ1) is 13.5. The van der Waals surface area contributed by atoms with Crippen molar-refractivity contribution < 1.29 is 13.8 Å². The van der Waals surface area contributed by atoms with Crippen LogP contribution >= 0.6 is 15.9 Å². The molecule has 9 heteroatoms. The average molecular weight is 447 g/mol. The summed E-state index contributed by atoms with van der Waals surface area (Å²) in [7, 11) is 0. The summed E-state index contributed by atoms with van der Waals surface area (Å²) in [6.45, 7) is 0.615. The predicted molar refractivity (Wildman–Crippen MR) is 104 cm³/mol. The number of nitrogens with zero attached hydrogens (tertiary/aromatic N) is 4. The Balaban J connectivity index is 1.55. The van der Waals surface area contributed by atoms with Crippen LogP contribution in [0.3, 0.4) is 0 Å². The molecular formula is C19H16BrFN4O3. The molecule has 144 valence electrons. The van der Waals surface area contributed by atoms with Gasteiger partial charge in [0.05, 0.1) is 16.7 Å². The zero-order chi connectivity index (χ0) is 19.7. The maximum atomic E-state index is 14.5. The van der Waals surface area contributed by atoms with Gasteiger partial charge in [-0.05, 0) is 36.6 Å². The highest BCUT2D eigenvalue weighted by Gasteiger charge is 2.32. The Labute approximate surface area is 168 Å². The summed E-state index contributed by atoms with van der Waals surface area (Å²) in [4.78, 5) is 16.6. The lowest BCUT2D eigenvalue weighted by molar-refractivity contribution is -0.385. The summed E-state index contributed by atoms with van der Waals surface area (Å²) in [5.41, 5.74) is 1.09. The van der Waals surface area contributed by atoms with Gasteiger partial charge in [-0.1, -0.05) is 33.2 Å². The van der Waals surface area contributed by atoms with E-state index in [0.29, 0.717) is 30.4 Å². The van der Waals surface area contributed by atoms with Gasteiger partial charge in [0.25, 0.3) is 5.69 Å². The number of anilines is 1. The van der Waals surface area contributed by atoms with Crippen molar-refractivity contribution in [3.8, 4) is 0 Å². The Hall–Kier alpha value is -2.81. The lowest BCUT2D eigenvalue weighted by Crippen LogP contribution is -2.23. The minimum Gasteiger partial charge on any atom is -0.357 e. The molecule has 2 aromatic carbocycles. The fourth-order valence-electron chi connectivity index (χ4n) is 3.41. The summed E-state index contributed by atoms with van der Waals surface area (Å²) in [5.74, 6) is 0.367. The number of nitro benzene ring substituents is 1. The Kier molecular flexibility index (Phi) is 5.08. The van der Waals surface area contributed by atoms with E-state index < -0.39 is 10.7 Å². The van der Waals surface area contributed by atoms with Crippen LogP contribution in [-0.2, 0) is 6.42 Å². The number of rotatable bonds is 5.